The molecule has 31 heavy (non-hydrogen) atoms. The van der Waals surface area contributed by atoms with Gasteiger partial charge in [0, 0.05) is 35.9 Å². The van der Waals surface area contributed by atoms with Gasteiger partial charge in [-0.3, -0.25) is 19.6 Å². The maximum atomic E-state index is 12.8. The van der Waals surface area contributed by atoms with E-state index in [9.17, 15) is 9.59 Å². The second-order valence-electron chi connectivity index (χ2n) is 7.49. The van der Waals surface area contributed by atoms with Crippen molar-refractivity contribution in [3.05, 3.63) is 109 Å². The highest BCUT2D eigenvalue weighted by atomic mass is 16.1. The lowest BCUT2D eigenvalue weighted by atomic mass is 9.95. The minimum absolute atomic E-state index is 0.0959. The fourth-order valence-corrected chi connectivity index (χ4v) is 3.43. The number of rotatable bonds is 7. The number of benzene rings is 2. The first-order valence-electron chi connectivity index (χ1n) is 10.2. The molecule has 0 aliphatic rings. The highest BCUT2D eigenvalue weighted by Crippen LogP contribution is 2.21. The summed E-state index contributed by atoms with van der Waals surface area (Å²) in [5.41, 5.74) is 4.72. The van der Waals surface area contributed by atoms with Crippen LogP contribution in [0.1, 0.15) is 34.3 Å². The van der Waals surface area contributed by atoms with Gasteiger partial charge >= 0.3 is 0 Å². The van der Waals surface area contributed by atoms with Crippen molar-refractivity contribution in [2.45, 2.75) is 13.3 Å². The summed E-state index contributed by atoms with van der Waals surface area (Å²) < 4.78 is 0. The first-order chi connectivity index (χ1) is 15.1. The molecule has 0 fully saturated rings. The van der Waals surface area contributed by atoms with E-state index in [1.54, 1.807) is 31.5 Å². The van der Waals surface area contributed by atoms with Crippen LogP contribution in [0.2, 0.25) is 0 Å². The Morgan fingerprint density at radius 2 is 1.13 bits per heavy atom. The molecule has 2 heterocycles. The topological polar surface area (TPSA) is 59.9 Å². The maximum Gasteiger partial charge on any atom is 0.184 e. The number of nitrogens with zero attached hydrogens (tertiary/aromatic N) is 2. The number of ketones is 2. The van der Waals surface area contributed by atoms with Gasteiger partial charge in [-0.25, -0.2) is 0 Å². The molecule has 2 aromatic carbocycles. The van der Waals surface area contributed by atoms with Crippen molar-refractivity contribution in [2.24, 2.45) is 5.92 Å². The highest BCUT2D eigenvalue weighted by Gasteiger charge is 2.21. The van der Waals surface area contributed by atoms with E-state index in [1.165, 1.54) is 0 Å². The highest BCUT2D eigenvalue weighted by molar-refractivity contribution is 6.02. The van der Waals surface area contributed by atoms with Crippen molar-refractivity contribution in [3.8, 4) is 22.3 Å². The van der Waals surface area contributed by atoms with Gasteiger partial charge in [-0.2, -0.15) is 0 Å². The summed E-state index contributed by atoms with van der Waals surface area (Å²) in [6, 6.07) is 26.9. The van der Waals surface area contributed by atoms with Crippen LogP contribution in [0.15, 0.2) is 97.3 Å². The van der Waals surface area contributed by atoms with Crippen molar-refractivity contribution >= 4 is 11.6 Å². The Balaban J connectivity index is 1.41. The zero-order valence-corrected chi connectivity index (χ0v) is 17.2. The molecule has 1 atom stereocenters. The van der Waals surface area contributed by atoms with Gasteiger partial charge in [0.2, 0.25) is 0 Å². The minimum atomic E-state index is -0.474. The van der Waals surface area contributed by atoms with Crippen molar-refractivity contribution in [3.63, 3.8) is 0 Å². The largest absolute Gasteiger partial charge is 0.292 e. The lowest BCUT2D eigenvalue weighted by Crippen LogP contribution is -2.17. The zero-order chi connectivity index (χ0) is 21.6. The smallest absolute Gasteiger partial charge is 0.184 e. The van der Waals surface area contributed by atoms with E-state index in [0.29, 0.717) is 11.4 Å². The Bertz CT molecular complexity index is 1170. The third kappa shape index (κ3) is 4.81. The molecule has 0 bridgehead atoms. The van der Waals surface area contributed by atoms with Gasteiger partial charge in [0.25, 0.3) is 0 Å². The van der Waals surface area contributed by atoms with Crippen LogP contribution in [0.5, 0.6) is 0 Å². The number of carbonyl (C=O) groups excluding carboxylic acids is 2. The molecular formula is C27H22N2O2. The third-order valence-electron chi connectivity index (χ3n) is 5.22. The molecule has 4 aromatic rings. The van der Waals surface area contributed by atoms with Crippen LogP contribution in [0.4, 0.5) is 0 Å². The molecule has 4 rings (SSSR count). The minimum Gasteiger partial charge on any atom is -0.292 e. The van der Waals surface area contributed by atoms with E-state index in [4.69, 9.17) is 0 Å². The molecule has 4 nitrogen and oxygen atoms in total. The summed E-state index contributed by atoms with van der Waals surface area (Å²) in [4.78, 5) is 34.0. The number of hydrogen-bond donors (Lipinski definition) is 0. The first-order valence-corrected chi connectivity index (χ1v) is 10.2. The van der Waals surface area contributed by atoms with Crippen molar-refractivity contribution < 1.29 is 9.59 Å². The van der Waals surface area contributed by atoms with Gasteiger partial charge in [-0.05, 0) is 23.3 Å². The molecule has 1 unspecified atom stereocenters. The van der Waals surface area contributed by atoms with Gasteiger partial charge in [-0.15, -0.1) is 0 Å². The number of pyridine rings is 2. The average Bonchev–Trinajstić information content (AvgIpc) is 2.85. The normalized spacial score (nSPS) is 11.6. The van der Waals surface area contributed by atoms with E-state index in [1.807, 2.05) is 72.8 Å². The third-order valence-corrected chi connectivity index (χ3v) is 5.22. The second-order valence-corrected chi connectivity index (χ2v) is 7.49. The van der Waals surface area contributed by atoms with Gasteiger partial charge < -0.3 is 0 Å². The van der Waals surface area contributed by atoms with Crippen LogP contribution in [0.25, 0.3) is 22.3 Å². The lowest BCUT2D eigenvalue weighted by Gasteiger charge is -2.10. The Labute approximate surface area is 181 Å². The van der Waals surface area contributed by atoms with E-state index >= 15 is 0 Å². The quantitative estimate of drug-likeness (QED) is 0.358. The van der Waals surface area contributed by atoms with Gasteiger partial charge in [0.05, 0.1) is 0 Å². The summed E-state index contributed by atoms with van der Waals surface area (Å²) in [6.45, 7) is 1.76. The van der Waals surface area contributed by atoms with Crippen LogP contribution >= 0.6 is 0 Å². The number of carbonyl (C=O) groups is 2. The fourth-order valence-electron chi connectivity index (χ4n) is 3.43. The molecule has 0 saturated heterocycles. The molecule has 0 aliphatic heterocycles. The van der Waals surface area contributed by atoms with Gasteiger partial charge in [-0.1, -0.05) is 79.7 Å². The predicted molar refractivity (Wildman–Crippen MR) is 122 cm³/mol. The molecule has 2 aromatic heterocycles. The predicted octanol–water partition coefficient (Wildman–Crippen LogP) is 5.90. The van der Waals surface area contributed by atoms with Crippen LogP contribution in [0, 0.1) is 5.92 Å². The Hall–Kier alpha value is -3.92. The SMILES string of the molecule is CC(CC(=O)c1ccc(-c2ccccc2)cn1)C(=O)c1ccc(-c2ccccc2)cn1. The second kappa shape index (κ2) is 9.26. The van der Waals surface area contributed by atoms with Crippen LogP contribution in [-0.2, 0) is 0 Å². The molecule has 0 radical (unpaired) electrons. The molecule has 4 heteroatoms. The Morgan fingerprint density at radius 1 is 0.645 bits per heavy atom. The van der Waals surface area contributed by atoms with E-state index in [2.05, 4.69) is 9.97 Å². The van der Waals surface area contributed by atoms with Crippen molar-refractivity contribution in [1.82, 2.24) is 9.97 Å². The number of aromatic nitrogens is 2. The first kappa shape index (κ1) is 20.4. The van der Waals surface area contributed by atoms with Crippen molar-refractivity contribution in [1.29, 1.82) is 0 Å². The van der Waals surface area contributed by atoms with Gasteiger partial charge in [0.15, 0.2) is 11.6 Å². The summed E-state index contributed by atoms with van der Waals surface area (Å²) >= 11 is 0. The maximum absolute atomic E-state index is 12.8. The Morgan fingerprint density at radius 3 is 1.58 bits per heavy atom. The van der Waals surface area contributed by atoms with E-state index in [0.717, 1.165) is 22.3 Å². The number of Topliss-reactive ketones (excluding diaryl/α,β-unsaturated/α-hetero) is 2. The summed E-state index contributed by atoms with van der Waals surface area (Å²) in [7, 11) is 0. The summed E-state index contributed by atoms with van der Waals surface area (Å²) in [5.74, 6) is -0.770. The van der Waals surface area contributed by atoms with E-state index in [-0.39, 0.29) is 18.0 Å². The fraction of sp³-hybridized carbons (Fsp3) is 0.111. The van der Waals surface area contributed by atoms with Crippen LogP contribution in [0.3, 0.4) is 0 Å². The molecule has 0 N–H and O–H groups in total. The summed E-state index contributed by atoms with van der Waals surface area (Å²) in [6.07, 6.45) is 3.48. The lowest BCUT2D eigenvalue weighted by molar-refractivity contribution is 0.0858. The molecule has 0 amide bonds. The molecular weight excluding hydrogens is 384 g/mol. The average molecular weight is 406 g/mol. The van der Waals surface area contributed by atoms with Crippen LogP contribution < -0.4 is 0 Å². The van der Waals surface area contributed by atoms with E-state index < -0.39 is 5.92 Å². The molecule has 0 aliphatic carbocycles. The monoisotopic (exact) mass is 406 g/mol. The standard InChI is InChI=1S/C27H22N2O2/c1-19(27(31)25-15-13-23(18-29-25)21-10-6-3-7-11-21)16-26(30)24-14-12-22(17-28-24)20-8-4-2-5-9-20/h2-15,17-19H,16H2,1H3. The zero-order valence-electron chi connectivity index (χ0n) is 17.2. The molecule has 0 spiro atoms. The Kier molecular flexibility index (Phi) is 6.08. The van der Waals surface area contributed by atoms with Crippen molar-refractivity contribution in [2.75, 3.05) is 0 Å². The van der Waals surface area contributed by atoms with Crippen LogP contribution in [-0.4, -0.2) is 21.5 Å². The molecule has 152 valence electrons. The molecule has 0 saturated carbocycles. The van der Waals surface area contributed by atoms with Gasteiger partial charge in [0.1, 0.15) is 11.4 Å². The summed E-state index contributed by atoms with van der Waals surface area (Å²) in [5, 5.41) is 0. The number of hydrogen-bond acceptors (Lipinski definition) is 4.